The molecular weight excluding hydrogens is 385 g/mol. The molecule has 0 heterocycles. The smallest absolute Gasteiger partial charge is 0.126 e. The molecule has 0 bridgehead atoms. The van der Waals surface area contributed by atoms with Gasteiger partial charge in [0.2, 0.25) is 0 Å². The lowest BCUT2D eigenvalue weighted by Gasteiger charge is -2.49. The van der Waals surface area contributed by atoms with Crippen molar-refractivity contribution in [3.8, 4) is 0 Å². The number of carbonyl (C=O) groups excluding carboxylic acids is 1. The van der Waals surface area contributed by atoms with Crippen LogP contribution in [0, 0.1) is 23.1 Å². The van der Waals surface area contributed by atoms with Crippen LogP contribution in [0.1, 0.15) is 70.1 Å². The molecule has 0 aromatic heterocycles. The van der Waals surface area contributed by atoms with Crippen LogP contribution in [-0.4, -0.2) is 24.5 Å². The lowest BCUT2D eigenvalue weighted by molar-refractivity contribution is -0.111. The number of methoxy groups -OCH3 is 1. The highest BCUT2D eigenvalue weighted by Crippen LogP contribution is 2.58. The number of fused-ring (bicyclic) bond motifs is 1. The van der Waals surface area contributed by atoms with Gasteiger partial charge in [-0.25, -0.2) is 4.39 Å². The summed E-state index contributed by atoms with van der Waals surface area (Å²) in [5.41, 5.74) is 2.59. The van der Waals surface area contributed by atoms with Crippen molar-refractivity contribution in [2.75, 3.05) is 7.11 Å². The van der Waals surface area contributed by atoms with Gasteiger partial charge in [0, 0.05) is 24.4 Å². The summed E-state index contributed by atoms with van der Waals surface area (Å²) in [5.74, 6) is -0.289. The van der Waals surface area contributed by atoms with E-state index in [4.69, 9.17) is 17.0 Å². The van der Waals surface area contributed by atoms with Gasteiger partial charge in [0.25, 0.3) is 0 Å². The minimum Gasteiger partial charge on any atom is -0.381 e. The number of benzene rings is 1. The van der Waals surface area contributed by atoms with Gasteiger partial charge < -0.3 is 14.8 Å². The van der Waals surface area contributed by atoms with E-state index >= 15 is 0 Å². The molecule has 0 radical (unpaired) electrons. The standard InChI is InChI=1S/C24H34FNO2S/c1-6-17-11-20-18(12-21(17)25)13-24(9-7-19(28-5)8-10-24)23(20,4)26-22(29)16(3)15(2)14-27/h11-12,14-16,19H,6-10,13H2,1-5H3,(H,26,29). The first-order valence-corrected chi connectivity index (χ1v) is 11.2. The molecule has 1 saturated carbocycles. The van der Waals surface area contributed by atoms with E-state index in [1.54, 1.807) is 13.2 Å². The number of halogens is 1. The van der Waals surface area contributed by atoms with E-state index in [9.17, 15) is 9.18 Å². The number of rotatable bonds is 6. The second-order valence-corrected chi connectivity index (χ2v) is 9.68. The molecule has 0 saturated heterocycles. The van der Waals surface area contributed by atoms with Crippen molar-refractivity contribution in [3.05, 3.63) is 34.6 Å². The number of thiocarbonyl (C=S) groups is 1. The molecule has 1 fully saturated rings. The Balaban J connectivity index is 2.03. The second kappa shape index (κ2) is 8.43. The molecule has 5 heteroatoms. The maximum atomic E-state index is 14.6. The average molecular weight is 420 g/mol. The predicted octanol–water partition coefficient (Wildman–Crippen LogP) is 5.12. The first-order chi connectivity index (χ1) is 13.7. The minimum atomic E-state index is -0.382. The van der Waals surface area contributed by atoms with Crippen LogP contribution < -0.4 is 5.32 Å². The van der Waals surface area contributed by atoms with Gasteiger partial charge in [-0.3, -0.25) is 0 Å². The van der Waals surface area contributed by atoms with Crippen LogP contribution >= 0.6 is 12.2 Å². The van der Waals surface area contributed by atoms with Crippen LogP contribution in [0.2, 0.25) is 0 Å². The van der Waals surface area contributed by atoms with Crippen molar-refractivity contribution in [2.24, 2.45) is 17.3 Å². The Morgan fingerprint density at radius 3 is 2.59 bits per heavy atom. The first kappa shape index (κ1) is 22.4. The quantitative estimate of drug-likeness (QED) is 0.513. The zero-order valence-electron chi connectivity index (χ0n) is 18.3. The number of nitrogens with one attached hydrogen (secondary N) is 1. The van der Waals surface area contributed by atoms with E-state index < -0.39 is 0 Å². The van der Waals surface area contributed by atoms with E-state index in [0.717, 1.165) is 54.5 Å². The topological polar surface area (TPSA) is 38.3 Å². The molecule has 3 atom stereocenters. The Hall–Kier alpha value is -1.33. The summed E-state index contributed by atoms with van der Waals surface area (Å²) < 4.78 is 20.2. The van der Waals surface area contributed by atoms with Crippen molar-refractivity contribution in [2.45, 2.75) is 77.9 Å². The number of hydrogen-bond acceptors (Lipinski definition) is 3. The number of carbonyl (C=O) groups is 1. The average Bonchev–Trinajstić information content (AvgIpc) is 2.93. The van der Waals surface area contributed by atoms with E-state index in [1.165, 1.54) is 5.56 Å². The van der Waals surface area contributed by atoms with Gasteiger partial charge >= 0.3 is 0 Å². The van der Waals surface area contributed by atoms with Crippen molar-refractivity contribution in [1.82, 2.24) is 5.32 Å². The van der Waals surface area contributed by atoms with Crippen molar-refractivity contribution < 1.29 is 13.9 Å². The third-order valence-electron chi connectivity index (χ3n) is 7.79. The summed E-state index contributed by atoms with van der Waals surface area (Å²) in [4.78, 5) is 12.0. The summed E-state index contributed by atoms with van der Waals surface area (Å²) in [7, 11) is 1.78. The lowest BCUT2D eigenvalue weighted by Crippen LogP contribution is -2.56. The molecule has 1 aromatic carbocycles. The van der Waals surface area contributed by atoms with E-state index in [0.29, 0.717) is 6.42 Å². The molecule has 160 valence electrons. The third-order valence-corrected chi connectivity index (χ3v) is 8.27. The van der Waals surface area contributed by atoms with Crippen LogP contribution in [0.25, 0.3) is 0 Å². The first-order valence-electron chi connectivity index (χ1n) is 10.8. The van der Waals surface area contributed by atoms with Crippen LogP contribution in [0.4, 0.5) is 4.39 Å². The normalized spacial score (nSPS) is 30.6. The summed E-state index contributed by atoms with van der Waals surface area (Å²) in [6, 6.07) is 3.79. The zero-order valence-corrected chi connectivity index (χ0v) is 19.1. The highest BCUT2D eigenvalue weighted by atomic mass is 32.1. The second-order valence-electron chi connectivity index (χ2n) is 9.24. The van der Waals surface area contributed by atoms with Crippen molar-refractivity contribution >= 4 is 23.5 Å². The van der Waals surface area contributed by atoms with Crippen LogP contribution in [0.15, 0.2) is 12.1 Å². The van der Waals surface area contributed by atoms with Crippen LogP contribution in [0.5, 0.6) is 0 Å². The molecule has 29 heavy (non-hydrogen) atoms. The summed E-state index contributed by atoms with van der Waals surface area (Å²) in [6.07, 6.45) is 6.78. The predicted molar refractivity (Wildman–Crippen MR) is 119 cm³/mol. The van der Waals surface area contributed by atoms with Gasteiger partial charge in [-0.1, -0.05) is 39.1 Å². The SMILES string of the molecule is CCc1cc2c(cc1F)CC1(CCC(OC)CC1)C2(C)NC(=S)C(C)C(C)C=O. The molecule has 3 unspecified atom stereocenters. The Bertz CT molecular complexity index is 787. The van der Waals surface area contributed by atoms with Crippen molar-refractivity contribution in [1.29, 1.82) is 0 Å². The maximum absolute atomic E-state index is 14.6. The number of hydrogen-bond donors (Lipinski definition) is 1. The van der Waals surface area contributed by atoms with Gasteiger partial charge in [-0.2, -0.15) is 0 Å². The minimum absolute atomic E-state index is 0.0304. The number of aldehydes is 1. The molecule has 2 aliphatic rings. The van der Waals surface area contributed by atoms with E-state index in [-0.39, 0.29) is 34.7 Å². The molecule has 1 spiro atoms. The fraction of sp³-hybridized carbons (Fsp3) is 0.667. The Morgan fingerprint density at radius 2 is 2.03 bits per heavy atom. The summed E-state index contributed by atoms with van der Waals surface area (Å²) >= 11 is 5.77. The van der Waals surface area contributed by atoms with Gasteiger partial charge in [-0.05, 0) is 68.2 Å². The summed E-state index contributed by atoms with van der Waals surface area (Å²) in [5, 5.41) is 3.70. The largest absolute Gasteiger partial charge is 0.381 e. The lowest BCUT2D eigenvalue weighted by atomic mass is 9.62. The van der Waals surface area contributed by atoms with E-state index in [1.807, 2.05) is 26.8 Å². The molecule has 1 aromatic rings. The van der Waals surface area contributed by atoms with Gasteiger partial charge in [0.05, 0.1) is 16.6 Å². The zero-order chi connectivity index (χ0) is 21.4. The summed E-state index contributed by atoms with van der Waals surface area (Å²) in [6.45, 7) is 8.13. The maximum Gasteiger partial charge on any atom is 0.126 e. The molecule has 1 N–H and O–H groups in total. The molecular formula is C24H34FNO2S. The molecule has 3 nitrogen and oxygen atoms in total. The highest BCUT2D eigenvalue weighted by molar-refractivity contribution is 7.80. The van der Waals surface area contributed by atoms with Gasteiger partial charge in [0.15, 0.2) is 0 Å². The van der Waals surface area contributed by atoms with Crippen molar-refractivity contribution in [3.63, 3.8) is 0 Å². The fourth-order valence-electron chi connectivity index (χ4n) is 5.34. The number of aryl methyl sites for hydroxylation is 1. The van der Waals surface area contributed by atoms with Gasteiger partial charge in [0.1, 0.15) is 12.1 Å². The van der Waals surface area contributed by atoms with Crippen LogP contribution in [0.3, 0.4) is 0 Å². The highest BCUT2D eigenvalue weighted by Gasteiger charge is 2.56. The monoisotopic (exact) mass is 419 g/mol. The molecule has 2 aliphatic carbocycles. The molecule has 0 aliphatic heterocycles. The third kappa shape index (κ3) is 3.76. The van der Waals surface area contributed by atoms with E-state index in [2.05, 4.69) is 12.2 Å². The molecule has 3 rings (SSSR count). The Morgan fingerprint density at radius 1 is 1.38 bits per heavy atom. The van der Waals surface area contributed by atoms with Gasteiger partial charge in [-0.15, -0.1) is 0 Å². The Labute approximate surface area is 179 Å². The molecule has 0 amide bonds. The number of ether oxygens (including phenoxy) is 1. The van der Waals surface area contributed by atoms with Crippen LogP contribution in [-0.2, 0) is 27.9 Å². The fourth-order valence-corrected chi connectivity index (χ4v) is 5.76. The Kier molecular flexibility index (Phi) is 6.50.